The summed E-state index contributed by atoms with van der Waals surface area (Å²) in [6.07, 6.45) is 2.23. The molecule has 1 heterocycles. The van der Waals surface area contributed by atoms with Crippen LogP contribution in [0.4, 0.5) is 0 Å². The van der Waals surface area contributed by atoms with Crippen molar-refractivity contribution in [2.45, 2.75) is 45.8 Å². The third-order valence-corrected chi connectivity index (χ3v) is 2.89. The van der Waals surface area contributed by atoms with Crippen molar-refractivity contribution in [3.05, 3.63) is 0 Å². The van der Waals surface area contributed by atoms with Gasteiger partial charge in [0.2, 0.25) is 5.91 Å². The first kappa shape index (κ1) is 16.7. The number of nitrogens with two attached hydrogens (primary N) is 1. The lowest BCUT2D eigenvalue weighted by molar-refractivity contribution is -0.131. The summed E-state index contributed by atoms with van der Waals surface area (Å²) in [5.74, 6) is 0.707. The van der Waals surface area contributed by atoms with E-state index >= 15 is 0 Å². The Morgan fingerprint density at radius 2 is 2.12 bits per heavy atom. The van der Waals surface area contributed by atoms with Crippen LogP contribution in [0, 0.1) is 5.92 Å². The van der Waals surface area contributed by atoms with Crippen molar-refractivity contribution < 1.29 is 9.53 Å². The first-order valence-corrected chi connectivity index (χ1v) is 6.16. The van der Waals surface area contributed by atoms with E-state index in [0.29, 0.717) is 12.5 Å². The minimum absolute atomic E-state index is 0. The minimum Gasteiger partial charge on any atom is -0.376 e. The molecule has 0 spiro atoms. The summed E-state index contributed by atoms with van der Waals surface area (Å²) in [6, 6.07) is -0.394. The summed E-state index contributed by atoms with van der Waals surface area (Å²) in [5, 5.41) is 0. The van der Waals surface area contributed by atoms with Crippen LogP contribution in [-0.2, 0) is 9.53 Å². The molecule has 2 N–H and O–H groups in total. The molecular weight excluding hydrogens is 240 g/mol. The fourth-order valence-electron chi connectivity index (χ4n) is 1.82. The van der Waals surface area contributed by atoms with Crippen molar-refractivity contribution in [2.24, 2.45) is 11.7 Å². The molecule has 17 heavy (non-hydrogen) atoms. The normalized spacial score (nSPS) is 21.5. The fraction of sp³-hybridized carbons (Fsp3) is 0.917. The predicted molar refractivity (Wildman–Crippen MR) is 71.3 cm³/mol. The Morgan fingerprint density at radius 3 is 2.65 bits per heavy atom. The monoisotopic (exact) mass is 264 g/mol. The van der Waals surface area contributed by atoms with Crippen LogP contribution in [0.15, 0.2) is 0 Å². The highest BCUT2D eigenvalue weighted by Crippen LogP contribution is 2.14. The quantitative estimate of drug-likeness (QED) is 0.817. The molecule has 1 amide bonds. The van der Waals surface area contributed by atoms with Crippen molar-refractivity contribution in [1.29, 1.82) is 0 Å². The predicted octanol–water partition coefficient (Wildman–Crippen LogP) is 1.42. The molecule has 102 valence electrons. The first-order chi connectivity index (χ1) is 7.50. The van der Waals surface area contributed by atoms with Gasteiger partial charge in [-0.05, 0) is 25.7 Å². The summed E-state index contributed by atoms with van der Waals surface area (Å²) >= 11 is 0. The largest absolute Gasteiger partial charge is 0.376 e. The van der Waals surface area contributed by atoms with Gasteiger partial charge in [0.15, 0.2) is 0 Å². The van der Waals surface area contributed by atoms with Gasteiger partial charge in [0.25, 0.3) is 0 Å². The van der Waals surface area contributed by atoms with Gasteiger partial charge in [-0.3, -0.25) is 4.79 Å². The Morgan fingerprint density at radius 1 is 1.47 bits per heavy atom. The summed E-state index contributed by atoms with van der Waals surface area (Å²) in [5.41, 5.74) is 5.57. The lowest BCUT2D eigenvalue weighted by Gasteiger charge is -2.18. The van der Waals surface area contributed by atoms with Crippen LogP contribution in [0.2, 0.25) is 0 Å². The number of ether oxygens (including phenoxy) is 1. The average Bonchev–Trinajstić information content (AvgIpc) is 2.64. The zero-order valence-electron chi connectivity index (χ0n) is 11.0. The summed E-state index contributed by atoms with van der Waals surface area (Å²) in [4.78, 5) is 13.4. The van der Waals surface area contributed by atoms with E-state index in [4.69, 9.17) is 10.5 Å². The van der Waals surface area contributed by atoms with Crippen LogP contribution >= 0.6 is 12.4 Å². The number of amides is 1. The second-order valence-corrected chi connectivity index (χ2v) is 5.04. The van der Waals surface area contributed by atoms with Crippen molar-refractivity contribution >= 4 is 18.3 Å². The van der Waals surface area contributed by atoms with Crippen LogP contribution < -0.4 is 5.73 Å². The molecule has 1 saturated heterocycles. The van der Waals surface area contributed by atoms with E-state index in [0.717, 1.165) is 26.0 Å². The maximum absolute atomic E-state index is 11.6. The number of hydrogen-bond acceptors (Lipinski definition) is 3. The molecule has 4 nitrogen and oxygen atoms in total. The van der Waals surface area contributed by atoms with Crippen molar-refractivity contribution in [3.63, 3.8) is 0 Å². The van der Waals surface area contributed by atoms with E-state index in [1.165, 1.54) is 0 Å². The molecule has 0 aromatic carbocycles. The SMILES string of the molecule is CC(C)CCOC1CCN(C(=O)[C@H](C)N)C1.Cl. The van der Waals surface area contributed by atoms with Crippen LogP contribution in [0.25, 0.3) is 0 Å². The molecule has 0 saturated carbocycles. The molecular formula is C12H25ClN2O2. The van der Waals surface area contributed by atoms with Gasteiger partial charge in [-0.1, -0.05) is 13.8 Å². The molecule has 1 rings (SSSR count). The number of halogens is 1. The molecule has 1 aliphatic heterocycles. The Balaban J connectivity index is 0.00000256. The van der Waals surface area contributed by atoms with E-state index < -0.39 is 6.04 Å². The van der Waals surface area contributed by atoms with Crippen LogP contribution in [0.5, 0.6) is 0 Å². The number of carbonyl (C=O) groups excluding carboxylic acids is 1. The molecule has 5 heteroatoms. The summed E-state index contributed by atoms with van der Waals surface area (Å²) < 4.78 is 5.74. The lowest BCUT2D eigenvalue weighted by Crippen LogP contribution is -2.41. The number of likely N-dealkylation sites (tertiary alicyclic amines) is 1. The highest BCUT2D eigenvalue weighted by atomic mass is 35.5. The zero-order chi connectivity index (χ0) is 12.1. The Kier molecular flexibility index (Phi) is 7.75. The molecule has 0 bridgehead atoms. The van der Waals surface area contributed by atoms with Gasteiger partial charge >= 0.3 is 0 Å². The molecule has 0 aromatic rings. The van der Waals surface area contributed by atoms with Crippen LogP contribution in [-0.4, -0.2) is 42.6 Å². The lowest BCUT2D eigenvalue weighted by atomic mass is 10.1. The summed E-state index contributed by atoms with van der Waals surface area (Å²) in [6.45, 7) is 8.39. The second kappa shape index (κ2) is 7.90. The van der Waals surface area contributed by atoms with E-state index in [9.17, 15) is 4.79 Å². The van der Waals surface area contributed by atoms with E-state index in [-0.39, 0.29) is 24.4 Å². The standard InChI is InChI=1S/C12H24N2O2.ClH/c1-9(2)5-7-16-11-4-6-14(8-11)12(15)10(3)13;/h9-11H,4-8,13H2,1-3H3;1H/t10-,11?;/m0./s1. The van der Waals surface area contributed by atoms with Crippen LogP contribution in [0.1, 0.15) is 33.6 Å². The third kappa shape index (κ3) is 5.70. The Hall–Kier alpha value is -0.320. The molecule has 1 unspecified atom stereocenters. The third-order valence-electron chi connectivity index (χ3n) is 2.89. The topological polar surface area (TPSA) is 55.6 Å². The molecule has 1 aliphatic rings. The highest BCUT2D eigenvalue weighted by molar-refractivity contribution is 5.85. The molecule has 2 atom stereocenters. The van der Waals surface area contributed by atoms with Crippen LogP contribution in [0.3, 0.4) is 0 Å². The number of hydrogen-bond donors (Lipinski definition) is 1. The minimum atomic E-state index is -0.394. The highest BCUT2D eigenvalue weighted by Gasteiger charge is 2.27. The van der Waals surface area contributed by atoms with Gasteiger partial charge in [0.05, 0.1) is 12.1 Å². The van der Waals surface area contributed by atoms with E-state index in [2.05, 4.69) is 13.8 Å². The molecule has 0 aliphatic carbocycles. The number of carbonyl (C=O) groups is 1. The van der Waals surface area contributed by atoms with E-state index in [1.54, 1.807) is 6.92 Å². The summed E-state index contributed by atoms with van der Waals surface area (Å²) in [7, 11) is 0. The van der Waals surface area contributed by atoms with Crippen molar-refractivity contribution in [2.75, 3.05) is 19.7 Å². The number of rotatable bonds is 5. The molecule has 1 fully saturated rings. The smallest absolute Gasteiger partial charge is 0.239 e. The van der Waals surface area contributed by atoms with Gasteiger partial charge < -0.3 is 15.4 Å². The second-order valence-electron chi connectivity index (χ2n) is 5.04. The fourth-order valence-corrected chi connectivity index (χ4v) is 1.82. The van der Waals surface area contributed by atoms with Crippen molar-refractivity contribution in [1.82, 2.24) is 4.90 Å². The number of nitrogens with zero attached hydrogens (tertiary/aromatic N) is 1. The van der Waals surface area contributed by atoms with Gasteiger partial charge in [0, 0.05) is 19.7 Å². The molecule has 0 radical (unpaired) electrons. The Bertz CT molecular complexity index is 235. The average molecular weight is 265 g/mol. The van der Waals surface area contributed by atoms with Crippen molar-refractivity contribution in [3.8, 4) is 0 Å². The van der Waals surface area contributed by atoms with Gasteiger partial charge in [-0.2, -0.15) is 0 Å². The maximum Gasteiger partial charge on any atom is 0.239 e. The van der Waals surface area contributed by atoms with Gasteiger partial charge in [-0.25, -0.2) is 0 Å². The first-order valence-electron chi connectivity index (χ1n) is 6.16. The maximum atomic E-state index is 11.6. The Labute approximate surface area is 110 Å². The van der Waals surface area contributed by atoms with E-state index in [1.807, 2.05) is 4.90 Å². The van der Waals surface area contributed by atoms with Gasteiger partial charge in [0.1, 0.15) is 0 Å². The van der Waals surface area contributed by atoms with Gasteiger partial charge in [-0.15, -0.1) is 12.4 Å². The molecule has 0 aromatic heterocycles. The zero-order valence-corrected chi connectivity index (χ0v) is 11.8.